The highest BCUT2D eigenvalue weighted by Gasteiger charge is 2.40. The second-order valence-electron chi connectivity index (χ2n) is 8.04. The molecule has 0 amide bonds. The fourth-order valence-corrected chi connectivity index (χ4v) is 4.29. The Bertz CT molecular complexity index is 952. The molecule has 10 nitrogen and oxygen atoms in total. The first-order chi connectivity index (χ1) is 16.4. The van der Waals surface area contributed by atoms with E-state index >= 15 is 0 Å². The Morgan fingerprint density at radius 2 is 1.66 bits per heavy atom. The van der Waals surface area contributed by atoms with Crippen LogP contribution >= 0.6 is 27.3 Å². The Morgan fingerprint density at radius 1 is 1.03 bits per heavy atom. The van der Waals surface area contributed by atoms with E-state index in [2.05, 4.69) is 69.5 Å². The standard InChI is InChI=1S/C17H23BrN2OS.C6H8O7/c1-19(2)8-9-20(13-15-5-4-10-22-15)12-14-6-7-17(21-3)16(18)11-14;7-3(8)1-6(13,5(11)12)2-4(9)10/h4-7,10-11H,8-9,12-13H2,1-3H3;13H,1-2H2,(H,7,8)(H,9,10)(H,11,12). The Morgan fingerprint density at radius 3 is 2.09 bits per heavy atom. The molecule has 1 aromatic heterocycles. The maximum atomic E-state index is 10.3. The van der Waals surface area contributed by atoms with Crippen molar-refractivity contribution in [2.24, 2.45) is 0 Å². The third-order valence-corrected chi connectivity index (χ3v) is 6.21. The van der Waals surface area contributed by atoms with Gasteiger partial charge in [0.25, 0.3) is 0 Å². The topological polar surface area (TPSA) is 148 Å². The number of thiophene rings is 1. The summed E-state index contributed by atoms with van der Waals surface area (Å²) >= 11 is 5.39. The van der Waals surface area contributed by atoms with Crippen molar-refractivity contribution in [3.63, 3.8) is 0 Å². The number of rotatable bonds is 13. The second-order valence-corrected chi connectivity index (χ2v) is 9.93. The number of nitrogens with zero attached hydrogens (tertiary/aromatic N) is 2. The van der Waals surface area contributed by atoms with Gasteiger partial charge in [-0.1, -0.05) is 12.1 Å². The molecule has 0 atom stereocenters. The van der Waals surface area contributed by atoms with Crippen molar-refractivity contribution in [2.75, 3.05) is 34.3 Å². The number of aliphatic hydroxyl groups is 1. The van der Waals surface area contributed by atoms with Gasteiger partial charge in [-0.25, -0.2) is 4.79 Å². The van der Waals surface area contributed by atoms with Crippen LogP contribution in [0.1, 0.15) is 23.3 Å². The molecule has 0 bridgehead atoms. The van der Waals surface area contributed by atoms with Crippen molar-refractivity contribution in [3.8, 4) is 5.75 Å². The third kappa shape index (κ3) is 11.6. The second kappa shape index (κ2) is 14.8. The molecule has 1 aromatic carbocycles. The highest BCUT2D eigenvalue weighted by Crippen LogP contribution is 2.26. The van der Waals surface area contributed by atoms with Gasteiger partial charge in [-0.3, -0.25) is 14.5 Å². The minimum atomic E-state index is -2.74. The number of hydrogen-bond acceptors (Lipinski definition) is 8. The maximum absolute atomic E-state index is 10.3. The van der Waals surface area contributed by atoms with Gasteiger partial charge in [-0.05, 0) is 59.2 Å². The summed E-state index contributed by atoms with van der Waals surface area (Å²) in [5, 5.41) is 36.0. The molecule has 12 heteroatoms. The highest BCUT2D eigenvalue weighted by molar-refractivity contribution is 9.10. The largest absolute Gasteiger partial charge is 0.496 e. The van der Waals surface area contributed by atoms with Gasteiger partial charge in [0, 0.05) is 31.1 Å². The minimum absolute atomic E-state index is 0.877. The molecule has 2 rings (SSSR count). The molecule has 4 N–H and O–H groups in total. The van der Waals surface area contributed by atoms with Crippen LogP contribution in [0, 0.1) is 0 Å². The molecule has 194 valence electrons. The van der Waals surface area contributed by atoms with Gasteiger partial charge in [0.1, 0.15) is 5.75 Å². The van der Waals surface area contributed by atoms with Gasteiger partial charge in [0.05, 0.1) is 24.4 Å². The monoisotopic (exact) mass is 574 g/mol. The molecular weight excluding hydrogens is 544 g/mol. The molecule has 0 aliphatic rings. The first-order valence-electron chi connectivity index (χ1n) is 10.5. The first kappa shape index (κ1) is 30.5. The van der Waals surface area contributed by atoms with Gasteiger partial charge in [-0.15, -0.1) is 11.3 Å². The molecular formula is C23H31BrN2O8S. The summed E-state index contributed by atoms with van der Waals surface area (Å²) in [5.41, 5.74) is -1.44. The molecule has 1 heterocycles. The van der Waals surface area contributed by atoms with Crippen molar-refractivity contribution in [3.05, 3.63) is 50.6 Å². The number of likely N-dealkylation sites (N-methyl/N-ethyl adjacent to an activating group) is 1. The Labute approximate surface area is 216 Å². The van der Waals surface area contributed by atoms with Crippen LogP contribution < -0.4 is 4.74 Å². The predicted octanol–water partition coefficient (Wildman–Crippen LogP) is 2.83. The van der Waals surface area contributed by atoms with Crippen LogP contribution in [0.3, 0.4) is 0 Å². The third-order valence-electron chi connectivity index (χ3n) is 4.73. The SMILES string of the molecule is COc1ccc(CN(CCN(C)C)Cc2cccs2)cc1Br.O=C(O)CC(O)(CC(=O)O)C(=O)O. The first-order valence-corrected chi connectivity index (χ1v) is 12.1. The molecule has 0 fully saturated rings. The predicted molar refractivity (Wildman–Crippen MR) is 135 cm³/mol. The molecule has 0 spiro atoms. The van der Waals surface area contributed by atoms with Crippen LogP contribution in [0.2, 0.25) is 0 Å². The zero-order chi connectivity index (χ0) is 26.6. The average Bonchev–Trinajstić information content (AvgIpc) is 3.24. The number of methoxy groups -OCH3 is 1. The van der Waals surface area contributed by atoms with Crippen molar-refractivity contribution in [1.82, 2.24) is 9.80 Å². The number of carbonyl (C=O) groups is 3. The summed E-state index contributed by atoms with van der Waals surface area (Å²) < 4.78 is 6.31. The summed E-state index contributed by atoms with van der Waals surface area (Å²) in [4.78, 5) is 36.6. The lowest BCUT2D eigenvalue weighted by Gasteiger charge is -2.24. The van der Waals surface area contributed by atoms with Crippen LogP contribution in [-0.4, -0.2) is 88.0 Å². The average molecular weight is 575 g/mol. The van der Waals surface area contributed by atoms with Gasteiger partial charge < -0.3 is 30.1 Å². The summed E-state index contributed by atoms with van der Waals surface area (Å²) in [6, 6.07) is 10.6. The van der Waals surface area contributed by atoms with E-state index in [1.54, 1.807) is 7.11 Å². The van der Waals surface area contributed by atoms with Gasteiger partial charge >= 0.3 is 17.9 Å². The molecule has 2 aromatic rings. The van der Waals surface area contributed by atoms with Crippen molar-refractivity contribution >= 4 is 45.2 Å². The zero-order valence-electron chi connectivity index (χ0n) is 19.8. The summed E-state index contributed by atoms with van der Waals surface area (Å²) in [7, 11) is 5.93. The van der Waals surface area contributed by atoms with E-state index in [9.17, 15) is 14.4 Å². The molecule has 0 aliphatic carbocycles. The summed E-state index contributed by atoms with van der Waals surface area (Å²) in [5.74, 6) is -4.14. The quantitative estimate of drug-likeness (QED) is 0.281. The lowest BCUT2D eigenvalue weighted by atomic mass is 9.96. The van der Waals surface area contributed by atoms with E-state index in [1.807, 2.05) is 17.4 Å². The number of benzene rings is 1. The normalized spacial score (nSPS) is 11.2. The van der Waals surface area contributed by atoms with E-state index in [0.29, 0.717) is 0 Å². The number of carboxylic acids is 3. The van der Waals surface area contributed by atoms with Crippen LogP contribution in [0.4, 0.5) is 0 Å². The molecule has 0 radical (unpaired) electrons. The fourth-order valence-electron chi connectivity index (χ4n) is 2.96. The lowest BCUT2D eigenvalue weighted by Crippen LogP contribution is -2.42. The van der Waals surface area contributed by atoms with Crippen molar-refractivity contribution in [1.29, 1.82) is 0 Å². The van der Waals surface area contributed by atoms with Gasteiger partial charge in [0.15, 0.2) is 5.60 Å². The van der Waals surface area contributed by atoms with E-state index in [4.69, 9.17) is 25.2 Å². The maximum Gasteiger partial charge on any atom is 0.336 e. The van der Waals surface area contributed by atoms with Crippen LogP contribution in [0.15, 0.2) is 40.2 Å². The number of aliphatic carboxylic acids is 3. The molecule has 0 aliphatic heterocycles. The van der Waals surface area contributed by atoms with Crippen LogP contribution in [-0.2, 0) is 27.5 Å². The minimum Gasteiger partial charge on any atom is -0.496 e. The fraction of sp³-hybridized carbons (Fsp3) is 0.435. The summed E-state index contributed by atoms with van der Waals surface area (Å²) in [6.07, 6.45) is -2.29. The van der Waals surface area contributed by atoms with Crippen LogP contribution in [0.5, 0.6) is 5.75 Å². The van der Waals surface area contributed by atoms with Crippen LogP contribution in [0.25, 0.3) is 0 Å². The molecule has 35 heavy (non-hydrogen) atoms. The zero-order valence-corrected chi connectivity index (χ0v) is 22.2. The number of hydrogen-bond donors (Lipinski definition) is 4. The smallest absolute Gasteiger partial charge is 0.336 e. The molecule has 0 saturated heterocycles. The number of halogens is 1. The number of ether oxygens (including phenoxy) is 1. The van der Waals surface area contributed by atoms with E-state index in [-0.39, 0.29) is 0 Å². The van der Waals surface area contributed by atoms with E-state index in [0.717, 1.165) is 36.4 Å². The highest BCUT2D eigenvalue weighted by atomic mass is 79.9. The van der Waals surface area contributed by atoms with Crippen molar-refractivity contribution < 1.29 is 39.5 Å². The Balaban J connectivity index is 0.000000405. The van der Waals surface area contributed by atoms with Gasteiger partial charge in [0.2, 0.25) is 0 Å². The Kier molecular flexibility index (Phi) is 12.9. The molecule has 0 saturated carbocycles. The van der Waals surface area contributed by atoms with Gasteiger partial charge in [-0.2, -0.15) is 0 Å². The number of carboxylic acid groups (broad SMARTS) is 3. The summed E-state index contributed by atoms with van der Waals surface area (Å²) in [6.45, 7) is 4.04. The van der Waals surface area contributed by atoms with E-state index < -0.39 is 36.4 Å². The van der Waals surface area contributed by atoms with E-state index in [1.165, 1.54) is 10.4 Å². The van der Waals surface area contributed by atoms with Crippen molar-refractivity contribution in [2.45, 2.75) is 31.5 Å². The molecule has 0 unspecified atom stereocenters. The lowest BCUT2D eigenvalue weighted by molar-refractivity contribution is -0.170. The Hall–Kier alpha value is -2.51.